The normalized spacial score (nSPS) is 10.4. The molecule has 0 unspecified atom stereocenters. The third kappa shape index (κ3) is 4.12. The zero-order valence-electron chi connectivity index (χ0n) is 14.5. The largest absolute Gasteiger partial charge is 0.618 e. The van der Waals surface area contributed by atoms with E-state index in [0.717, 1.165) is 7.11 Å². The number of carbonyl (C=O) groups excluding carboxylic acids is 2. The molecule has 2 aromatic carbocycles. The molecule has 0 aliphatic heterocycles. The lowest BCUT2D eigenvalue weighted by molar-refractivity contribution is -0.581. The maximum absolute atomic E-state index is 12.5. The van der Waals surface area contributed by atoms with E-state index in [1.54, 1.807) is 42.5 Å². The van der Waals surface area contributed by atoms with E-state index in [1.807, 2.05) is 6.07 Å². The molecule has 1 aromatic heterocycles. The molecule has 3 rings (SSSR count). The molecule has 0 N–H and O–H groups in total. The van der Waals surface area contributed by atoms with Crippen LogP contribution in [0.3, 0.4) is 0 Å². The molecule has 8 nitrogen and oxygen atoms in total. The molecular formula is C19H16N2O6. The SMILES string of the molecule is COC(=O)c1c(COC(=O)COc2ccccc2)nc2ccccc2[n+]1[O-]. The summed E-state index contributed by atoms with van der Waals surface area (Å²) in [6, 6.07) is 15.3. The minimum atomic E-state index is -0.866. The van der Waals surface area contributed by atoms with Crippen molar-refractivity contribution >= 4 is 23.0 Å². The molecule has 0 bridgehead atoms. The van der Waals surface area contributed by atoms with Crippen molar-refractivity contribution in [2.75, 3.05) is 13.7 Å². The average Bonchev–Trinajstić information content (AvgIpc) is 2.71. The van der Waals surface area contributed by atoms with E-state index in [0.29, 0.717) is 16.0 Å². The number of esters is 2. The maximum atomic E-state index is 12.5. The van der Waals surface area contributed by atoms with E-state index < -0.39 is 11.9 Å². The van der Waals surface area contributed by atoms with Gasteiger partial charge in [0.15, 0.2) is 12.3 Å². The average molecular weight is 368 g/mol. The molecule has 0 saturated carbocycles. The van der Waals surface area contributed by atoms with Crippen LogP contribution < -0.4 is 9.47 Å². The molecule has 0 atom stereocenters. The fraction of sp³-hybridized carbons (Fsp3) is 0.158. The Labute approximate surface area is 154 Å². The lowest BCUT2D eigenvalue weighted by Crippen LogP contribution is -2.38. The first-order chi connectivity index (χ1) is 13.1. The van der Waals surface area contributed by atoms with Crippen molar-refractivity contribution in [2.24, 2.45) is 0 Å². The van der Waals surface area contributed by atoms with Gasteiger partial charge in [0, 0.05) is 6.07 Å². The first-order valence-electron chi connectivity index (χ1n) is 8.03. The zero-order chi connectivity index (χ0) is 19.2. The second kappa shape index (κ2) is 8.13. The van der Waals surface area contributed by atoms with Gasteiger partial charge in [-0.3, -0.25) is 0 Å². The minimum Gasteiger partial charge on any atom is -0.618 e. The number of hydrogen-bond acceptors (Lipinski definition) is 7. The van der Waals surface area contributed by atoms with Gasteiger partial charge in [0.2, 0.25) is 5.52 Å². The number of hydrogen-bond donors (Lipinski definition) is 0. The summed E-state index contributed by atoms with van der Waals surface area (Å²) in [7, 11) is 1.15. The van der Waals surface area contributed by atoms with Crippen LogP contribution in [0.5, 0.6) is 5.75 Å². The van der Waals surface area contributed by atoms with Crippen LogP contribution in [0.15, 0.2) is 54.6 Å². The summed E-state index contributed by atoms with van der Waals surface area (Å²) < 4.78 is 15.5. The van der Waals surface area contributed by atoms with Gasteiger partial charge in [0.1, 0.15) is 17.9 Å². The predicted octanol–water partition coefficient (Wildman–Crippen LogP) is 1.78. The predicted molar refractivity (Wildman–Crippen MR) is 93.8 cm³/mol. The molecule has 3 aromatic rings. The topological polar surface area (TPSA) is 102 Å². The van der Waals surface area contributed by atoms with Crippen molar-refractivity contribution in [3.05, 3.63) is 71.2 Å². The summed E-state index contributed by atoms with van der Waals surface area (Å²) >= 11 is 0. The monoisotopic (exact) mass is 368 g/mol. The number of benzene rings is 2. The molecule has 0 aliphatic carbocycles. The van der Waals surface area contributed by atoms with Crippen LogP contribution in [0, 0.1) is 5.21 Å². The summed E-state index contributed by atoms with van der Waals surface area (Å²) in [5.74, 6) is -1.01. The van der Waals surface area contributed by atoms with Gasteiger partial charge in [-0.15, -0.1) is 0 Å². The van der Waals surface area contributed by atoms with Crippen LogP contribution in [0.2, 0.25) is 0 Å². The molecule has 0 aliphatic rings. The summed E-state index contributed by atoms with van der Waals surface area (Å²) in [6.07, 6.45) is 0. The summed E-state index contributed by atoms with van der Waals surface area (Å²) in [5, 5.41) is 12.5. The van der Waals surface area contributed by atoms with Gasteiger partial charge in [-0.2, -0.15) is 4.73 Å². The molecule has 0 spiro atoms. The highest BCUT2D eigenvalue weighted by molar-refractivity contribution is 5.88. The van der Waals surface area contributed by atoms with Gasteiger partial charge >= 0.3 is 17.6 Å². The van der Waals surface area contributed by atoms with Crippen LogP contribution in [-0.4, -0.2) is 30.6 Å². The van der Waals surface area contributed by atoms with Crippen molar-refractivity contribution in [1.29, 1.82) is 0 Å². The number of rotatable bonds is 6. The van der Waals surface area contributed by atoms with Crippen LogP contribution >= 0.6 is 0 Å². The van der Waals surface area contributed by atoms with Crippen LogP contribution in [-0.2, 0) is 20.9 Å². The molecule has 0 radical (unpaired) electrons. The smallest absolute Gasteiger partial charge is 0.406 e. The quantitative estimate of drug-likeness (QED) is 0.371. The van der Waals surface area contributed by atoms with Crippen molar-refractivity contribution < 1.29 is 28.5 Å². The van der Waals surface area contributed by atoms with Crippen molar-refractivity contribution in [2.45, 2.75) is 6.61 Å². The third-order valence-electron chi connectivity index (χ3n) is 3.68. The zero-order valence-corrected chi connectivity index (χ0v) is 14.5. The number of fused-ring (bicyclic) bond motifs is 1. The highest BCUT2D eigenvalue weighted by Gasteiger charge is 2.27. The number of para-hydroxylation sites is 3. The van der Waals surface area contributed by atoms with E-state index in [4.69, 9.17) is 9.47 Å². The number of ether oxygens (including phenoxy) is 3. The van der Waals surface area contributed by atoms with E-state index in [1.165, 1.54) is 6.07 Å². The van der Waals surface area contributed by atoms with Crippen molar-refractivity contribution in [1.82, 2.24) is 4.98 Å². The molecule has 8 heteroatoms. The van der Waals surface area contributed by atoms with E-state index >= 15 is 0 Å². The minimum absolute atomic E-state index is 0.00334. The van der Waals surface area contributed by atoms with Gasteiger partial charge in [0.25, 0.3) is 0 Å². The van der Waals surface area contributed by atoms with Gasteiger partial charge in [-0.25, -0.2) is 14.6 Å². The molecule has 0 fully saturated rings. The molecule has 0 amide bonds. The third-order valence-corrected chi connectivity index (χ3v) is 3.68. The second-order valence-electron chi connectivity index (χ2n) is 5.44. The van der Waals surface area contributed by atoms with Crippen LogP contribution in [0.25, 0.3) is 11.0 Å². The Bertz CT molecular complexity index is 975. The summed E-state index contributed by atoms with van der Waals surface area (Å²) in [5.41, 5.74) is 0.253. The summed E-state index contributed by atoms with van der Waals surface area (Å²) in [6.45, 7) is -0.684. The molecule has 138 valence electrons. The highest BCUT2D eigenvalue weighted by atomic mass is 16.6. The molecular weight excluding hydrogens is 352 g/mol. The van der Waals surface area contributed by atoms with E-state index in [-0.39, 0.29) is 30.1 Å². The van der Waals surface area contributed by atoms with Crippen LogP contribution in [0.1, 0.15) is 16.2 Å². The first-order valence-corrected chi connectivity index (χ1v) is 8.03. The van der Waals surface area contributed by atoms with E-state index in [2.05, 4.69) is 9.72 Å². The van der Waals surface area contributed by atoms with Crippen molar-refractivity contribution in [3.8, 4) is 5.75 Å². The Balaban J connectivity index is 1.77. The fourth-order valence-electron chi connectivity index (χ4n) is 2.41. The van der Waals surface area contributed by atoms with Crippen molar-refractivity contribution in [3.63, 3.8) is 0 Å². The Morgan fingerprint density at radius 3 is 2.52 bits per heavy atom. The summed E-state index contributed by atoms with van der Waals surface area (Å²) in [4.78, 5) is 28.2. The lowest BCUT2D eigenvalue weighted by atomic mass is 10.2. The Morgan fingerprint density at radius 1 is 1.07 bits per heavy atom. The maximum Gasteiger partial charge on any atom is 0.406 e. The number of aromatic nitrogens is 2. The van der Waals surface area contributed by atoms with E-state index in [9.17, 15) is 14.8 Å². The molecule has 0 saturated heterocycles. The van der Waals surface area contributed by atoms with Gasteiger partial charge < -0.3 is 19.4 Å². The van der Waals surface area contributed by atoms with Crippen LogP contribution in [0.4, 0.5) is 0 Å². The van der Waals surface area contributed by atoms with Gasteiger partial charge in [-0.1, -0.05) is 30.3 Å². The molecule has 27 heavy (non-hydrogen) atoms. The standard InChI is InChI=1S/C19H16N2O6/c1-25-19(23)18-15(20-14-9-5-6-10-16(14)21(18)24)11-27-17(22)12-26-13-7-3-2-4-8-13/h2-10H,11-12H2,1H3. The Hall–Kier alpha value is -3.68. The van der Waals surface area contributed by atoms with Gasteiger partial charge in [-0.05, 0) is 18.2 Å². The Morgan fingerprint density at radius 2 is 1.78 bits per heavy atom. The molecule has 1 heterocycles. The number of nitrogens with zero attached hydrogens (tertiary/aromatic N) is 2. The fourth-order valence-corrected chi connectivity index (χ4v) is 2.41. The Kier molecular flexibility index (Phi) is 5.46. The highest BCUT2D eigenvalue weighted by Crippen LogP contribution is 2.13. The first kappa shape index (κ1) is 18.1. The number of carbonyl (C=O) groups is 2. The lowest BCUT2D eigenvalue weighted by Gasteiger charge is -2.11. The van der Waals surface area contributed by atoms with Gasteiger partial charge in [0.05, 0.1) is 7.11 Å². The number of methoxy groups -OCH3 is 1. The second-order valence-corrected chi connectivity index (χ2v) is 5.44.